The van der Waals surface area contributed by atoms with Gasteiger partial charge in [0.15, 0.2) is 5.96 Å². The topological polar surface area (TPSA) is 74.9 Å². The smallest absolute Gasteiger partial charge is 0.236 e. The van der Waals surface area contributed by atoms with E-state index < -0.39 is 0 Å². The van der Waals surface area contributed by atoms with Crippen LogP contribution in [0.15, 0.2) is 33.2 Å². The lowest BCUT2D eigenvalue weighted by Crippen LogP contribution is -2.50. The van der Waals surface area contributed by atoms with Crippen LogP contribution >= 0.6 is 11.3 Å². The number of oxazole rings is 1. The summed E-state index contributed by atoms with van der Waals surface area (Å²) >= 11 is 1.62. The van der Waals surface area contributed by atoms with Crippen molar-refractivity contribution < 1.29 is 9.15 Å². The summed E-state index contributed by atoms with van der Waals surface area (Å²) in [4.78, 5) is 12.3. The lowest BCUT2D eigenvalue weighted by Gasteiger charge is -2.34. The van der Waals surface area contributed by atoms with Gasteiger partial charge >= 0.3 is 0 Å². The van der Waals surface area contributed by atoms with Crippen molar-refractivity contribution in [2.24, 2.45) is 10.9 Å². The molecule has 1 fully saturated rings. The summed E-state index contributed by atoms with van der Waals surface area (Å²) in [5, 5.41) is 8.64. The Morgan fingerprint density at radius 2 is 2.33 bits per heavy atom. The van der Waals surface area contributed by atoms with Crippen LogP contribution in [-0.4, -0.2) is 61.8 Å². The van der Waals surface area contributed by atoms with Gasteiger partial charge in [-0.3, -0.25) is 9.89 Å². The first kappa shape index (κ1) is 19.9. The Morgan fingerprint density at radius 3 is 3.07 bits per heavy atom. The molecule has 3 rings (SSSR count). The Kier molecular flexibility index (Phi) is 7.25. The van der Waals surface area contributed by atoms with Crippen LogP contribution in [0.3, 0.4) is 0 Å². The van der Waals surface area contributed by atoms with Gasteiger partial charge in [0.25, 0.3) is 0 Å². The summed E-state index contributed by atoms with van der Waals surface area (Å²) < 4.78 is 11.4. The second-order valence-corrected chi connectivity index (χ2v) is 8.02. The van der Waals surface area contributed by atoms with Crippen LogP contribution in [0.2, 0.25) is 0 Å². The summed E-state index contributed by atoms with van der Waals surface area (Å²) in [6, 6.07) is 3.99. The maximum absolute atomic E-state index is 5.88. The normalized spacial score (nSPS) is 18.8. The Morgan fingerprint density at radius 1 is 1.44 bits per heavy atom. The molecule has 2 aromatic rings. The van der Waals surface area contributed by atoms with Gasteiger partial charge in [-0.25, -0.2) is 4.98 Å². The first-order valence-electron chi connectivity index (χ1n) is 9.40. The Balaban J connectivity index is 1.43. The molecular weight excluding hydrogens is 362 g/mol. The Hall–Kier alpha value is -1.90. The summed E-state index contributed by atoms with van der Waals surface area (Å²) in [6.07, 6.45) is 1.86. The predicted octanol–water partition coefficient (Wildman–Crippen LogP) is 2.42. The second kappa shape index (κ2) is 9.87. The summed E-state index contributed by atoms with van der Waals surface area (Å²) in [7, 11) is 1.77. The zero-order valence-electron chi connectivity index (χ0n) is 16.3. The number of morpholine rings is 1. The van der Waals surface area contributed by atoms with Gasteiger partial charge < -0.3 is 19.8 Å². The highest BCUT2D eigenvalue weighted by atomic mass is 32.1. The maximum Gasteiger partial charge on any atom is 0.236 e. The lowest BCUT2D eigenvalue weighted by molar-refractivity contribution is -0.0284. The molecular formula is C19H29N5O2S. The molecule has 0 radical (unpaired) electrons. The number of aliphatic imine (C=N–C) groups is 1. The third kappa shape index (κ3) is 6.05. The van der Waals surface area contributed by atoms with Crippen LogP contribution in [0.5, 0.6) is 0 Å². The number of guanidine groups is 1. The maximum atomic E-state index is 5.88. The van der Waals surface area contributed by atoms with Gasteiger partial charge in [-0.1, -0.05) is 19.9 Å². The molecule has 3 heterocycles. The molecule has 27 heavy (non-hydrogen) atoms. The van der Waals surface area contributed by atoms with E-state index in [4.69, 9.17) is 9.15 Å². The highest BCUT2D eigenvalue weighted by Crippen LogP contribution is 2.23. The molecule has 1 saturated heterocycles. The zero-order chi connectivity index (χ0) is 19.1. The molecule has 148 valence electrons. The molecule has 7 nitrogen and oxygen atoms in total. The van der Waals surface area contributed by atoms with E-state index in [2.05, 4.69) is 39.4 Å². The first-order chi connectivity index (χ1) is 13.1. The SMILES string of the molecule is CN=C(NCc1coc(-c2cccs2)n1)NCC1CN(CC(C)C)CCO1. The van der Waals surface area contributed by atoms with Crippen LogP contribution in [0, 0.1) is 5.92 Å². The summed E-state index contributed by atoms with van der Waals surface area (Å²) in [5.41, 5.74) is 0.846. The minimum Gasteiger partial charge on any atom is -0.443 e. The van der Waals surface area contributed by atoms with Crippen molar-refractivity contribution in [1.82, 2.24) is 20.5 Å². The van der Waals surface area contributed by atoms with Crippen LogP contribution < -0.4 is 10.6 Å². The molecule has 1 unspecified atom stereocenters. The standard InChI is InChI=1S/C19H29N5O2S/c1-14(2)11-24-6-7-25-16(12-24)10-22-19(20-3)21-9-15-13-26-18(23-15)17-5-4-8-27-17/h4-5,8,13-14,16H,6-7,9-12H2,1-3H3,(H2,20,21,22). The third-order valence-corrected chi connectivity index (χ3v) is 5.15. The molecule has 1 aliphatic heterocycles. The quantitative estimate of drug-likeness (QED) is 0.558. The number of aromatic nitrogens is 1. The van der Waals surface area contributed by atoms with Crippen LogP contribution in [-0.2, 0) is 11.3 Å². The number of hydrogen-bond acceptors (Lipinski definition) is 6. The van der Waals surface area contributed by atoms with Crippen LogP contribution in [0.25, 0.3) is 10.8 Å². The van der Waals surface area contributed by atoms with Gasteiger partial charge in [-0.15, -0.1) is 11.3 Å². The van der Waals surface area contributed by atoms with Gasteiger partial charge in [-0.2, -0.15) is 0 Å². The number of nitrogens with zero attached hydrogens (tertiary/aromatic N) is 3. The zero-order valence-corrected chi connectivity index (χ0v) is 17.1. The van der Waals surface area contributed by atoms with E-state index in [1.54, 1.807) is 24.6 Å². The molecule has 2 aromatic heterocycles. The van der Waals surface area contributed by atoms with Crippen molar-refractivity contribution in [3.63, 3.8) is 0 Å². The summed E-state index contributed by atoms with van der Waals surface area (Å²) in [5.74, 6) is 2.07. The highest BCUT2D eigenvalue weighted by Gasteiger charge is 2.21. The monoisotopic (exact) mass is 391 g/mol. The van der Waals surface area contributed by atoms with E-state index in [9.17, 15) is 0 Å². The van der Waals surface area contributed by atoms with Crippen LogP contribution in [0.4, 0.5) is 0 Å². The highest BCUT2D eigenvalue weighted by molar-refractivity contribution is 7.13. The summed E-state index contributed by atoms with van der Waals surface area (Å²) in [6.45, 7) is 9.66. The number of thiophene rings is 1. The Labute approximate surface area is 164 Å². The van der Waals surface area contributed by atoms with E-state index in [1.807, 2.05) is 17.5 Å². The molecule has 0 bridgehead atoms. The number of rotatable bonds is 7. The van der Waals surface area contributed by atoms with Gasteiger partial charge in [0.2, 0.25) is 5.89 Å². The average molecular weight is 392 g/mol. The lowest BCUT2D eigenvalue weighted by atomic mass is 10.2. The van der Waals surface area contributed by atoms with E-state index >= 15 is 0 Å². The van der Waals surface area contributed by atoms with E-state index in [0.29, 0.717) is 18.4 Å². The van der Waals surface area contributed by atoms with Gasteiger partial charge in [0.1, 0.15) is 6.26 Å². The molecule has 0 spiro atoms. The van der Waals surface area contributed by atoms with Crippen molar-refractivity contribution >= 4 is 17.3 Å². The van der Waals surface area contributed by atoms with E-state index in [1.165, 1.54) is 0 Å². The largest absolute Gasteiger partial charge is 0.443 e. The van der Waals surface area contributed by atoms with Gasteiger partial charge in [0, 0.05) is 33.2 Å². The fraction of sp³-hybridized carbons (Fsp3) is 0.579. The molecule has 0 amide bonds. The molecule has 1 atom stereocenters. The molecule has 1 aliphatic rings. The average Bonchev–Trinajstić information content (AvgIpc) is 3.33. The number of ether oxygens (including phenoxy) is 1. The second-order valence-electron chi connectivity index (χ2n) is 7.07. The van der Waals surface area contributed by atoms with E-state index in [-0.39, 0.29) is 6.10 Å². The van der Waals surface area contributed by atoms with E-state index in [0.717, 1.165) is 49.3 Å². The minimum absolute atomic E-state index is 0.175. The predicted molar refractivity (Wildman–Crippen MR) is 109 cm³/mol. The molecule has 8 heteroatoms. The van der Waals surface area contributed by atoms with Gasteiger partial charge in [0.05, 0.1) is 29.8 Å². The van der Waals surface area contributed by atoms with Crippen molar-refractivity contribution in [3.8, 4) is 10.8 Å². The molecule has 0 saturated carbocycles. The molecule has 2 N–H and O–H groups in total. The fourth-order valence-electron chi connectivity index (χ4n) is 3.09. The fourth-order valence-corrected chi connectivity index (χ4v) is 3.75. The molecule has 0 aliphatic carbocycles. The number of hydrogen-bond donors (Lipinski definition) is 2. The van der Waals surface area contributed by atoms with Gasteiger partial charge in [-0.05, 0) is 17.4 Å². The van der Waals surface area contributed by atoms with Crippen molar-refractivity contribution in [3.05, 3.63) is 29.5 Å². The molecule has 0 aromatic carbocycles. The van der Waals surface area contributed by atoms with Crippen molar-refractivity contribution in [2.45, 2.75) is 26.5 Å². The van der Waals surface area contributed by atoms with Crippen LogP contribution in [0.1, 0.15) is 19.5 Å². The minimum atomic E-state index is 0.175. The Bertz CT molecular complexity index is 714. The third-order valence-electron chi connectivity index (χ3n) is 4.29. The number of nitrogens with one attached hydrogen (secondary N) is 2. The van der Waals surface area contributed by atoms with Crippen molar-refractivity contribution in [1.29, 1.82) is 0 Å². The van der Waals surface area contributed by atoms with Crippen molar-refractivity contribution in [2.75, 3.05) is 39.8 Å². The first-order valence-corrected chi connectivity index (χ1v) is 10.3.